The molecule has 3 aromatic heterocycles. The molecule has 0 atom stereocenters. The molecule has 4 rings (SSSR count). The first-order valence-corrected chi connectivity index (χ1v) is 9.25. The van der Waals surface area contributed by atoms with Crippen molar-refractivity contribution in [2.45, 2.75) is 13.8 Å². The molecule has 150 valence electrons. The number of rotatable bonds is 5. The van der Waals surface area contributed by atoms with E-state index in [9.17, 15) is 8.78 Å². The molecule has 1 aromatic carbocycles. The molecule has 0 unspecified atom stereocenters. The van der Waals surface area contributed by atoms with Crippen LogP contribution in [-0.2, 0) is 0 Å². The molecule has 4 aromatic rings. The molecule has 0 aliphatic rings. The van der Waals surface area contributed by atoms with Gasteiger partial charge in [0.1, 0.15) is 28.9 Å². The van der Waals surface area contributed by atoms with E-state index in [1.54, 1.807) is 18.3 Å². The summed E-state index contributed by atoms with van der Waals surface area (Å²) in [7, 11) is 0. The standard InChI is InChI=1S/C23H18F2N4O/c1-14-11-21(23(28-15(14)2)20-5-3-4-9-26-20)30-17-8-10-27-22(13-17)29-19-7-6-16(24)12-18(19)25/h3-13H,1-2H3,(H,27,29). The summed E-state index contributed by atoms with van der Waals surface area (Å²) in [6.45, 7) is 3.88. The molecule has 0 fully saturated rings. The summed E-state index contributed by atoms with van der Waals surface area (Å²) >= 11 is 0. The van der Waals surface area contributed by atoms with Crippen LogP contribution in [0, 0.1) is 25.5 Å². The third kappa shape index (κ3) is 4.25. The largest absolute Gasteiger partial charge is 0.455 e. The minimum atomic E-state index is -0.709. The Morgan fingerprint density at radius 2 is 1.77 bits per heavy atom. The van der Waals surface area contributed by atoms with Crippen molar-refractivity contribution in [3.8, 4) is 22.9 Å². The van der Waals surface area contributed by atoms with Gasteiger partial charge in [0, 0.05) is 30.2 Å². The molecule has 7 heteroatoms. The highest BCUT2D eigenvalue weighted by molar-refractivity contribution is 5.65. The average Bonchev–Trinajstić information content (AvgIpc) is 2.73. The summed E-state index contributed by atoms with van der Waals surface area (Å²) in [6.07, 6.45) is 3.23. The quantitative estimate of drug-likeness (QED) is 0.444. The van der Waals surface area contributed by atoms with E-state index in [2.05, 4.69) is 20.3 Å². The first-order valence-electron chi connectivity index (χ1n) is 9.25. The summed E-state index contributed by atoms with van der Waals surface area (Å²) in [6, 6.07) is 14.1. The van der Waals surface area contributed by atoms with E-state index in [1.807, 2.05) is 38.1 Å². The zero-order valence-electron chi connectivity index (χ0n) is 16.4. The van der Waals surface area contributed by atoms with Crippen molar-refractivity contribution in [1.29, 1.82) is 0 Å². The number of nitrogens with one attached hydrogen (secondary N) is 1. The van der Waals surface area contributed by atoms with Crippen LogP contribution in [0.1, 0.15) is 11.3 Å². The fraction of sp³-hybridized carbons (Fsp3) is 0.0870. The van der Waals surface area contributed by atoms with Crippen LogP contribution in [0.5, 0.6) is 11.5 Å². The Kier molecular flexibility index (Phi) is 5.34. The maximum atomic E-state index is 13.9. The van der Waals surface area contributed by atoms with Gasteiger partial charge in [0.15, 0.2) is 5.75 Å². The maximum Gasteiger partial charge on any atom is 0.155 e. The highest BCUT2D eigenvalue weighted by Crippen LogP contribution is 2.33. The molecule has 0 aliphatic heterocycles. The predicted molar refractivity (Wildman–Crippen MR) is 111 cm³/mol. The molecule has 0 saturated carbocycles. The van der Waals surface area contributed by atoms with Crippen LogP contribution in [-0.4, -0.2) is 15.0 Å². The number of pyridine rings is 3. The minimum absolute atomic E-state index is 0.114. The van der Waals surface area contributed by atoms with Crippen molar-refractivity contribution >= 4 is 11.5 Å². The Balaban J connectivity index is 1.65. The maximum absolute atomic E-state index is 13.9. The van der Waals surface area contributed by atoms with Crippen LogP contribution < -0.4 is 10.1 Å². The van der Waals surface area contributed by atoms with Crippen molar-refractivity contribution in [3.05, 3.63) is 89.9 Å². The van der Waals surface area contributed by atoms with E-state index < -0.39 is 11.6 Å². The van der Waals surface area contributed by atoms with Crippen LogP contribution in [0.3, 0.4) is 0 Å². The first kappa shape index (κ1) is 19.4. The van der Waals surface area contributed by atoms with Gasteiger partial charge in [0.2, 0.25) is 0 Å². The number of hydrogen-bond donors (Lipinski definition) is 1. The van der Waals surface area contributed by atoms with Gasteiger partial charge in [0.05, 0.1) is 11.4 Å². The minimum Gasteiger partial charge on any atom is -0.455 e. The number of anilines is 2. The van der Waals surface area contributed by atoms with Crippen molar-refractivity contribution in [2.24, 2.45) is 0 Å². The van der Waals surface area contributed by atoms with Crippen LogP contribution in [0.4, 0.5) is 20.3 Å². The van der Waals surface area contributed by atoms with Gasteiger partial charge in [0.25, 0.3) is 0 Å². The summed E-state index contributed by atoms with van der Waals surface area (Å²) in [4.78, 5) is 13.2. The molecule has 0 aliphatic carbocycles. The number of hydrogen-bond acceptors (Lipinski definition) is 5. The second-order valence-electron chi connectivity index (χ2n) is 6.68. The molecule has 0 bridgehead atoms. The Morgan fingerprint density at radius 1 is 0.900 bits per heavy atom. The molecule has 0 spiro atoms. The number of benzene rings is 1. The second kappa shape index (κ2) is 8.24. The lowest BCUT2D eigenvalue weighted by atomic mass is 10.1. The van der Waals surface area contributed by atoms with Crippen molar-refractivity contribution in [3.63, 3.8) is 0 Å². The van der Waals surface area contributed by atoms with E-state index in [0.717, 1.165) is 17.3 Å². The normalized spacial score (nSPS) is 10.7. The molecule has 0 saturated heterocycles. The van der Waals surface area contributed by atoms with Crippen molar-refractivity contribution in [2.75, 3.05) is 5.32 Å². The van der Waals surface area contributed by atoms with Gasteiger partial charge >= 0.3 is 0 Å². The van der Waals surface area contributed by atoms with Gasteiger partial charge < -0.3 is 10.1 Å². The molecule has 0 amide bonds. The van der Waals surface area contributed by atoms with E-state index in [4.69, 9.17) is 4.74 Å². The van der Waals surface area contributed by atoms with Crippen LogP contribution >= 0.6 is 0 Å². The van der Waals surface area contributed by atoms with E-state index in [1.165, 1.54) is 18.3 Å². The summed E-state index contributed by atoms with van der Waals surface area (Å²) in [5.74, 6) is 0.0275. The van der Waals surface area contributed by atoms with Gasteiger partial charge in [-0.3, -0.25) is 4.98 Å². The zero-order valence-corrected chi connectivity index (χ0v) is 16.4. The molecular formula is C23H18F2N4O. The third-order valence-electron chi connectivity index (χ3n) is 4.49. The van der Waals surface area contributed by atoms with Gasteiger partial charge in [-0.05, 0) is 55.8 Å². The number of nitrogens with zero attached hydrogens (tertiary/aromatic N) is 3. The Hall–Kier alpha value is -3.87. The van der Waals surface area contributed by atoms with Crippen molar-refractivity contribution in [1.82, 2.24) is 15.0 Å². The number of ether oxygens (including phenoxy) is 1. The molecule has 5 nitrogen and oxygen atoms in total. The molecule has 0 radical (unpaired) electrons. The number of aryl methyl sites for hydroxylation is 2. The van der Waals surface area contributed by atoms with E-state index >= 15 is 0 Å². The smallest absolute Gasteiger partial charge is 0.155 e. The first-order chi connectivity index (χ1) is 14.5. The Bertz CT molecular complexity index is 1200. The second-order valence-corrected chi connectivity index (χ2v) is 6.68. The van der Waals surface area contributed by atoms with Gasteiger partial charge in [-0.15, -0.1) is 0 Å². The summed E-state index contributed by atoms with van der Waals surface area (Å²) in [5.41, 5.74) is 3.28. The lowest BCUT2D eigenvalue weighted by molar-refractivity contribution is 0.481. The fourth-order valence-corrected chi connectivity index (χ4v) is 2.84. The SMILES string of the molecule is Cc1cc(Oc2ccnc(Nc3ccc(F)cc3F)c2)c(-c2ccccn2)nc1C. The molecule has 3 heterocycles. The molecular weight excluding hydrogens is 386 g/mol. The lowest BCUT2D eigenvalue weighted by Gasteiger charge is -2.14. The fourth-order valence-electron chi connectivity index (χ4n) is 2.84. The monoisotopic (exact) mass is 404 g/mol. The van der Waals surface area contributed by atoms with Crippen molar-refractivity contribution < 1.29 is 13.5 Å². The highest BCUT2D eigenvalue weighted by atomic mass is 19.1. The lowest BCUT2D eigenvalue weighted by Crippen LogP contribution is -1.99. The van der Waals surface area contributed by atoms with Crippen LogP contribution in [0.2, 0.25) is 0 Å². The molecule has 1 N–H and O–H groups in total. The van der Waals surface area contributed by atoms with Gasteiger partial charge in [-0.2, -0.15) is 0 Å². The summed E-state index contributed by atoms with van der Waals surface area (Å²) < 4.78 is 33.1. The summed E-state index contributed by atoms with van der Waals surface area (Å²) in [5, 5.41) is 2.83. The number of halogens is 2. The zero-order chi connectivity index (χ0) is 21.1. The number of aromatic nitrogens is 3. The third-order valence-corrected chi connectivity index (χ3v) is 4.49. The molecule has 30 heavy (non-hydrogen) atoms. The topological polar surface area (TPSA) is 59.9 Å². The van der Waals surface area contributed by atoms with Crippen LogP contribution in [0.15, 0.2) is 67.0 Å². The van der Waals surface area contributed by atoms with E-state index in [0.29, 0.717) is 28.7 Å². The Labute approximate surface area is 172 Å². The average molecular weight is 404 g/mol. The predicted octanol–water partition coefficient (Wildman–Crippen LogP) is 5.97. The van der Waals surface area contributed by atoms with Gasteiger partial charge in [-0.1, -0.05) is 6.07 Å². The van der Waals surface area contributed by atoms with E-state index in [-0.39, 0.29) is 5.69 Å². The van der Waals surface area contributed by atoms with Crippen LogP contribution in [0.25, 0.3) is 11.4 Å². The Morgan fingerprint density at radius 3 is 2.53 bits per heavy atom. The highest BCUT2D eigenvalue weighted by Gasteiger charge is 2.14. The van der Waals surface area contributed by atoms with Gasteiger partial charge in [-0.25, -0.2) is 18.7 Å².